The van der Waals surface area contributed by atoms with Gasteiger partial charge in [0.05, 0.1) is 0 Å². The molecule has 1 N–H and O–H groups in total. The molecule has 0 aromatic heterocycles. The first-order chi connectivity index (χ1) is 9.17. The van der Waals surface area contributed by atoms with Crippen LogP contribution in [0.25, 0.3) is 0 Å². The smallest absolute Gasteiger partial charge is 0.0462 e. The van der Waals surface area contributed by atoms with E-state index in [4.69, 9.17) is 11.6 Å². The molecule has 0 unspecified atom stereocenters. The van der Waals surface area contributed by atoms with Crippen molar-refractivity contribution < 1.29 is 0 Å². The predicted octanol–water partition coefficient (Wildman–Crippen LogP) is 3.68. The lowest BCUT2D eigenvalue weighted by atomic mass is 9.78. The molecule has 3 rings (SSSR count). The average Bonchev–Trinajstić information content (AvgIpc) is 2.77. The van der Waals surface area contributed by atoms with Gasteiger partial charge in [-0.05, 0) is 62.0 Å². The van der Waals surface area contributed by atoms with Crippen molar-refractivity contribution in [2.45, 2.75) is 25.8 Å². The van der Waals surface area contributed by atoms with Crippen molar-refractivity contribution in [1.82, 2.24) is 10.2 Å². The quantitative estimate of drug-likeness (QED) is 0.881. The molecule has 0 bridgehead atoms. The highest BCUT2D eigenvalue weighted by Gasteiger charge is 2.38. The average molecular weight is 344 g/mol. The summed E-state index contributed by atoms with van der Waals surface area (Å²) in [5.74, 6) is 0. The highest BCUT2D eigenvalue weighted by atomic mass is 79.9. The molecule has 104 valence electrons. The number of rotatable bonds is 2. The minimum atomic E-state index is 0.576. The van der Waals surface area contributed by atoms with E-state index >= 15 is 0 Å². The molecule has 0 saturated carbocycles. The molecule has 1 aromatic carbocycles. The van der Waals surface area contributed by atoms with Crippen molar-refractivity contribution in [1.29, 1.82) is 0 Å². The van der Waals surface area contributed by atoms with Crippen LogP contribution in [-0.4, -0.2) is 31.1 Å². The monoisotopic (exact) mass is 342 g/mol. The number of piperidine rings is 1. The summed E-state index contributed by atoms with van der Waals surface area (Å²) in [4.78, 5) is 2.57. The van der Waals surface area contributed by atoms with Gasteiger partial charge in [0.1, 0.15) is 0 Å². The van der Waals surface area contributed by atoms with Crippen molar-refractivity contribution in [3.8, 4) is 0 Å². The number of nitrogens with zero attached hydrogens (tertiary/aromatic N) is 1. The lowest BCUT2D eigenvalue weighted by Crippen LogP contribution is -2.38. The van der Waals surface area contributed by atoms with Crippen molar-refractivity contribution in [3.63, 3.8) is 0 Å². The van der Waals surface area contributed by atoms with Crippen LogP contribution >= 0.6 is 27.5 Å². The van der Waals surface area contributed by atoms with Gasteiger partial charge in [0, 0.05) is 22.6 Å². The van der Waals surface area contributed by atoms with Gasteiger partial charge in [0.25, 0.3) is 0 Å². The Kier molecular flexibility index (Phi) is 4.18. The zero-order chi connectivity index (χ0) is 13.3. The van der Waals surface area contributed by atoms with Gasteiger partial charge in [-0.15, -0.1) is 0 Å². The van der Waals surface area contributed by atoms with E-state index in [1.807, 2.05) is 6.07 Å². The molecule has 2 aliphatic heterocycles. The molecule has 1 aromatic rings. The molecular formula is C15H20BrClN2. The van der Waals surface area contributed by atoms with Crippen LogP contribution in [0.15, 0.2) is 22.7 Å². The topological polar surface area (TPSA) is 15.3 Å². The van der Waals surface area contributed by atoms with E-state index < -0.39 is 0 Å². The van der Waals surface area contributed by atoms with Crippen molar-refractivity contribution in [2.24, 2.45) is 5.41 Å². The zero-order valence-corrected chi connectivity index (χ0v) is 13.4. The summed E-state index contributed by atoms with van der Waals surface area (Å²) in [5, 5.41) is 4.35. The van der Waals surface area contributed by atoms with E-state index in [1.165, 1.54) is 51.0 Å². The van der Waals surface area contributed by atoms with Gasteiger partial charge in [0.15, 0.2) is 0 Å². The fraction of sp³-hybridized carbons (Fsp3) is 0.600. The summed E-state index contributed by atoms with van der Waals surface area (Å²) in [7, 11) is 0. The Morgan fingerprint density at radius 2 is 2.05 bits per heavy atom. The highest BCUT2D eigenvalue weighted by molar-refractivity contribution is 9.10. The Hall–Kier alpha value is -0.0900. The number of halogens is 2. The van der Waals surface area contributed by atoms with Crippen molar-refractivity contribution in [2.75, 3.05) is 26.2 Å². The van der Waals surface area contributed by atoms with Crippen LogP contribution in [0.3, 0.4) is 0 Å². The third-order valence-corrected chi connectivity index (χ3v) is 5.44. The molecular weight excluding hydrogens is 324 g/mol. The number of benzene rings is 1. The number of nitrogens with one attached hydrogen (secondary N) is 1. The summed E-state index contributed by atoms with van der Waals surface area (Å²) in [6, 6.07) is 6.21. The summed E-state index contributed by atoms with van der Waals surface area (Å²) in [6.07, 6.45) is 4.01. The zero-order valence-electron chi connectivity index (χ0n) is 11.1. The van der Waals surface area contributed by atoms with Gasteiger partial charge in [-0.25, -0.2) is 0 Å². The number of likely N-dealkylation sites (tertiary alicyclic amines) is 1. The molecule has 2 aliphatic rings. The summed E-state index contributed by atoms with van der Waals surface area (Å²) >= 11 is 9.78. The fourth-order valence-electron chi connectivity index (χ4n) is 3.42. The summed E-state index contributed by atoms with van der Waals surface area (Å²) < 4.78 is 1.05. The van der Waals surface area contributed by atoms with E-state index in [0.717, 1.165) is 16.0 Å². The minimum Gasteiger partial charge on any atom is -0.317 e. The van der Waals surface area contributed by atoms with Crippen LogP contribution in [0.1, 0.15) is 24.8 Å². The SMILES string of the molecule is Clc1cc(Br)ccc1CN1CCC2(CCNCC2)C1. The second-order valence-electron chi connectivity index (χ2n) is 5.95. The molecule has 4 heteroatoms. The highest BCUT2D eigenvalue weighted by Crippen LogP contribution is 2.39. The lowest BCUT2D eigenvalue weighted by Gasteiger charge is -2.34. The van der Waals surface area contributed by atoms with E-state index in [0.29, 0.717) is 5.41 Å². The first-order valence-corrected chi connectivity index (χ1v) is 8.21. The molecule has 0 atom stereocenters. The Balaban J connectivity index is 1.65. The Labute approximate surface area is 128 Å². The maximum atomic E-state index is 6.32. The van der Waals surface area contributed by atoms with Crippen LogP contribution in [0.4, 0.5) is 0 Å². The largest absolute Gasteiger partial charge is 0.317 e. The predicted molar refractivity (Wildman–Crippen MR) is 83.6 cm³/mol. The van der Waals surface area contributed by atoms with Gasteiger partial charge in [0.2, 0.25) is 0 Å². The van der Waals surface area contributed by atoms with Gasteiger partial charge in [-0.1, -0.05) is 33.6 Å². The second-order valence-corrected chi connectivity index (χ2v) is 7.27. The number of hydrogen-bond acceptors (Lipinski definition) is 2. The van der Waals surface area contributed by atoms with Crippen molar-refractivity contribution in [3.05, 3.63) is 33.3 Å². The Bertz CT molecular complexity index is 457. The van der Waals surface area contributed by atoms with Crippen LogP contribution in [0.2, 0.25) is 5.02 Å². The molecule has 2 fully saturated rings. The molecule has 19 heavy (non-hydrogen) atoms. The van der Waals surface area contributed by atoms with Gasteiger partial charge in [-0.3, -0.25) is 4.90 Å². The van der Waals surface area contributed by atoms with Gasteiger partial charge >= 0.3 is 0 Å². The fourth-order valence-corrected chi connectivity index (χ4v) is 4.15. The maximum absolute atomic E-state index is 6.32. The van der Waals surface area contributed by atoms with E-state index in [1.54, 1.807) is 0 Å². The van der Waals surface area contributed by atoms with E-state index in [9.17, 15) is 0 Å². The standard InChI is InChI=1S/C15H20BrClN2/c16-13-2-1-12(14(17)9-13)10-19-8-5-15(11-19)3-6-18-7-4-15/h1-2,9,18H,3-8,10-11H2. The van der Waals surface area contributed by atoms with Gasteiger partial charge in [-0.2, -0.15) is 0 Å². The van der Waals surface area contributed by atoms with Gasteiger partial charge < -0.3 is 5.32 Å². The maximum Gasteiger partial charge on any atom is 0.0462 e. The van der Waals surface area contributed by atoms with Crippen LogP contribution in [0.5, 0.6) is 0 Å². The summed E-state index contributed by atoms with van der Waals surface area (Å²) in [5.41, 5.74) is 1.82. The van der Waals surface area contributed by atoms with Crippen molar-refractivity contribution >= 4 is 27.5 Å². The third-order valence-electron chi connectivity index (χ3n) is 4.59. The lowest BCUT2D eigenvalue weighted by molar-refractivity contribution is 0.194. The molecule has 0 amide bonds. The van der Waals surface area contributed by atoms with Crippen LogP contribution < -0.4 is 5.32 Å². The van der Waals surface area contributed by atoms with E-state index in [2.05, 4.69) is 38.3 Å². The first-order valence-electron chi connectivity index (χ1n) is 7.04. The van der Waals surface area contributed by atoms with E-state index in [-0.39, 0.29) is 0 Å². The first kappa shape index (κ1) is 13.9. The molecule has 1 spiro atoms. The molecule has 0 radical (unpaired) electrons. The normalized spacial score (nSPS) is 23.1. The minimum absolute atomic E-state index is 0.576. The summed E-state index contributed by atoms with van der Waals surface area (Å²) in [6.45, 7) is 5.81. The molecule has 0 aliphatic carbocycles. The van der Waals surface area contributed by atoms with Crippen LogP contribution in [0, 0.1) is 5.41 Å². The second kappa shape index (κ2) is 5.72. The Morgan fingerprint density at radius 1 is 1.26 bits per heavy atom. The number of hydrogen-bond donors (Lipinski definition) is 1. The molecule has 2 nitrogen and oxygen atoms in total. The molecule has 2 heterocycles. The Morgan fingerprint density at radius 3 is 2.79 bits per heavy atom. The molecule has 2 saturated heterocycles. The third kappa shape index (κ3) is 3.15. The van der Waals surface area contributed by atoms with Crippen LogP contribution in [-0.2, 0) is 6.54 Å².